The second-order valence-corrected chi connectivity index (χ2v) is 8.25. The van der Waals surface area contributed by atoms with Crippen LogP contribution in [0.15, 0.2) is 34.6 Å². The number of morpholine rings is 1. The first-order valence-corrected chi connectivity index (χ1v) is 11.5. The van der Waals surface area contributed by atoms with Gasteiger partial charge in [0, 0.05) is 38.0 Å². The summed E-state index contributed by atoms with van der Waals surface area (Å²) in [7, 11) is 1.69. The number of rotatable bonds is 9. The third kappa shape index (κ3) is 8.21. The number of ether oxygens (including phenoxy) is 2. The summed E-state index contributed by atoms with van der Waals surface area (Å²) in [5.41, 5.74) is 2.38. The maximum absolute atomic E-state index is 5.56. The Morgan fingerprint density at radius 1 is 1.26 bits per heavy atom. The molecule has 2 heterocycles. The van der Waals surface area contributed by atoms with Crippen LogP contribution in [-0.4, -0.2) is 68.9 Å². The molecule has 9 heteroatoms. The molecule has 1 unspecified atom stereocenters. The Balaban J connectivity index is 0.00000341. The van der Waals surface area contributed by atoms with E-state index >= 15 is 0 Å². The molecule has 3 rings (SSSR count). The van der Waals surface area contributed by atoms with Crippen LogP contribution in [0.4, 0.5) is 0 Å². The van der Waals surface area contributed by atoms with Crippen molar-refractivity contribution in [2.24, 2.45) is 4.99 Å². The molecule has 1 aliphatic rings. The Kier molecular flexibility index (Phi) is 11.6. The van der Waals surface area contributed by atoms with Crippen molar-refractivity contribution in [2.45, 2.75) is 26.3 Å². The Hall–Kier alpha value is -1.43. The number of thiazole rings is 1. The number of hydrogen-bond donors (Lipinski definition) is 2. The van der Waals surface area contributed by atoms with E-state index in [9.17, 15) is 0 Å². The Morgan fingerprint density at radius 3 is 2.61 bits per heavy atom. The van der Waals surface area contributed by atoms with E-state index in [2.05, 4.69) is 45.0 Å². The van der Waals surface area contributed by atoms with Crippen molar-refractivity contribution in [1.82, 2.24) is 20.5 Å². The lowest BCUT2D eigenvalue weighted by Crippen LogP contribution is -2.42. The van der Waals surface area contributed by atoms with Gasteiger partial charge in [-0.1, -0.05) is 12.1 Å². The van der Waals surface area contributed by atoms with Gasteiger partial charge >= 0.3 is 0 Å². The van der Waals surface area contributed by atoms with Gasteiger partial charge in [0.05, 0.1) is 43.6 Å². The predicted octanol–water partition coefficient (Wildman–Crippen LogP) is 3.25. The van der Waals surface area contributed by atoms with E-state index in [4.69, 9.17) is 14.5 Å². The number of methoxy groups -OCH3 is 1. The number of nitrogens with one attached hydrogen (secondary N) is 2. The number of halogens is 1. The van der Waals surface area contributed by atoms with Crippen LogP contribution in [0.5, 0.6) is 5.75 Å². The molecule has 0 bridgehead atoms. The van der Waals surface area contributed by atoms with Crippen LogP contribution >= 0.6 is 35.3 Å². The zero-order valence-corrected chi connectivity index (χ0v) is 21.7. The van der Waals surface area contributed by atoms with E-state index in [-0.39, 0.29) is 30.0 Å². The number of benzene rings is 1. The lowest BCUT2D eigenvalue weighted by atomic mass is 10.0. The molecule has 0 amide bonds. The highest BCUT2D eigenvalue weighted by molar-refractivity contribution is 14.0. The fraction of sp³-hybridized carbons (Fsp3) is 0.545. The molecule has 1 atom stereocenters. The molecule has 0 spiro atoms. The number of hydrogen-bond acceptors (Lipinski definition) is 6. The fourth-order valence-electron chi connectivity index (χ4n) is 3.50. The molecule has 1 aromatic heterocycles. The smallest absolute Gasteiger partial charge is 0.191 e. The van der Waals surface area contributed by atoms with Crippen LogP contribution < -0.4 is 15.4 Å². The first-order chi connectivity index (χ1) is 14.7. The summed E-state index contributed by atoms with van der Waals surface area (Å²) in [4.78, 5) is 11.9. The van der Waals surface area contributed by atoms with Crippen molar-refractivity contribution in [3.8, 4) is 5.75 Å². The predicted molar refractivity (Wildman–Crippen MR) is 138 cm³/mol. The SMILES string of the molecule is CCNC(=NCC(c1ccc(OC)cc1)N1CCOCC1)NCCc1csc(C)n1.I. The number of aryl methyl sites for hydroxylation is 1. The summed E-state index contributed by atoms with van der Waals surface area (Å²) in [6, 6.07) is 8.52. The molecule has 0 radical (unpaired) electrons. The maximum atomic E-state index is 5.56. The van der Waals surface area contributed by atoms with Crippen LogP contribution in [0.25, 0.3) is 0 Å². The Morgan fingerprint density at radius 2 is 2.00 bits per heavy atom. The third-order valence-corrected chi connectivity index (χ3v) is 5.92. The molecule has 31 heavy (non-hydrogen) atoms. The largest absolute Gasteiger partial charge is 0.497 e. The molecule has 1 aliphatic heterocycles. The molecular formula is C22H34IN5O2S. The van der Waals surface area contributed by atoms with Gasteiger partial charge in [-0.05, 0) is 31.5 Å². The van der Waals surface area contributed by atoms with E-state index in [1.165, 1.54) is 5.56 Å². The maximum Gasteiger partial charge on any atom is 0.191 e. The molecule has 2 N–H and O–H groups in total. The number of guanidine groups is 1. The molecule has 1 fully saturated rings. The zero-order valence-electron chi connectivity index (χ0n) is 18.6. The first kappa shape index (κ1) is 25.8. The first-order valence-electron chi connectivity index (χ1n) is 10.6. The molecular weight excluding hydrogens is 525 g/mol. The van der Waals surface area contributed by atoms with Crippen molar-refractivity contribution in [3.63, 3.8) is 0 Å². The molecule has 172 valence electrons. The standard InChI is InChI=1S/C22H33N5O2S.HI/c1-4-23-22(24-10-9-19-16-30-17(2)26-19)25-15-21(27-11-13-29-14-12-27)18-5-7-20(28-3)8-6-18;/h5-8,16,21H,4,9-15H2,1-3H3,(H2,23,24,25);1H. The van der Waals surface area contributed by atoms with E-state index in [0.29, 0.717) is 6.54 Å². The van der Waals surface area contributed by atoms with Crippen LogP contribution in [0, 0.1) is 6.92 Å². The number of nitrogens with zero attached hydrogens (tertiary/aromatic N) is 3. The Labute approximate surface area is 206 Å². The molecule has 1 saturated heterocycles. The summed E-state index contributed by atoms with van der Waals surface area (Å²) in [6.45, 7) is 9.80. The number of aliphatic imine (C=N–C) groups is 1. The van der Waals surface area contributed by atoms with Gasteiger partial charge in [-0.3, -0.25) is 9.89 Å². The minimum absolute atomic E-state index is 0. The highest BCUT2D eigenvalue weighted by atomic mass is 127. The monoisotopic (exact) mass is 559 g/mol. The van der Waals surface area contributed by atoms with Gasteiger partial charge in [0.15, 0.2) is 5.96 Å². The Bertz CT molecular complexity index is 793. The number of aromatic nitrogens is 1. The van der Waals surface area contributed by atoms with Gasteiger partial charge in [0.2, 0.25) is 0 Å². The summed E-state index contributed by atoms with van der Waals surface area (Å²) in [6.07, 6.45) is 0.889. The van der Waals surface area contributed by atoms with Crippen molar-refractivity contribution in [2.75, 3.05) is 53.0 Å². The minimum Gasteiger partial charge on any atom is -0.497 e. The lowest BCUT2D eigenvalue weighted by molar-refractivity contribution is 0.0179. The van der Waals surface area contributed by atoms with Crippen molar-refractivity contribution in [3.05, 3.63) is 45.9 Å². The zero-order chi connectivity index (χ0) is 21.2. The second-order valence-electron chi connectivity index (χ2n) is 7.19. The minimum atomic E-state index is 0. The molecule has 7 nitrogen and oxygen atoms in total. The van der Waals surface area contributed by atoms with E-state index in [0.717, 1.165) is 68.2 Å². The fourth-order valence-corrected chi connectivity index (χ4v) is 4.15. The van der Waals surface area contributed by atoms with Gasteiger partial charge in [-0.15, -0.1) is 35.3 Å². The van der Waals surface area contributed by atoms with Crippen molar-refractivity contribution >= 4 is 41.3 Å². The average Bonchev–Trinajstić information content (AvgIpc) is 3.20. The lowest BCUT2D eigenvalue weighted by Gasteiger charge is -2.34. The third-order valence-electron chi connectivity index (χ3n) is 5.09. The second kappa shape index (κ2) is 13.9. The van der Waals surface area contributed by atoms with E-state index in [1.807, 2.05) is 19.1 Å². The van der Waals surface area contributed by atoms with Gasteiger partial charge in [-0.25, -0.2) is 4.98 Å². The van der Waals surface area contributed by atoms with Gasteiger partial charge in [0.1, 0.15) is 5.75 Å². The summed E-state index contributed by atoms with van der Waals surface area (Å²) in [5, 5.41) is 10.0. The van der Waals surface area contributed by atoms with Crippen LogP contribution in [0.1, 0.15) is 29.2 Å². The normalized spacial score (nSPS) is 15.8. The van der Waals surface area contributed by atoms with Gasteiger partial charge in [0.25, 0.3) is 0 Å². The highest BCUT2D eigenvalue weighted by Gasteiger charge is 2.22. The van der Waals surface area contributed by atoms with Crippen molar-refractivity contribution in [1.29, 1.82) is 0 Å². The van der Waals surface area contributed by atoms with E-state index < -0.39 is 0 Å². The van der Waals surface area contributed by atoms with Gasteiger partial charge in [-0.2, -0.15) is 0 Å². The van der Waals surface area contributed by atoms with Crippen LogP contribution in [0.3, 0.4) is 0 Å². The average molecular weight is 560 g/mol. The van der Waals surface area contributed by atoms with Crippen molar-refractivity contribution < 1.29 is 9.47 Å². The topological polar surface area (TPSA) is 71.0 Å². The van der Waals surface area contributed by atoms with Gasteiger partial charge < -0.3 is 20.1 Å². The molecule has 0 saturated carbocycles. The molecule has 1 aromatic carbocycles. The molecule has 2 aromatic rings. The summed E-state index contributed by atoms with van der Waals surface area (Å²) in [5.74, 6) is 1.71. The van der Waals surface area contributed by atoms with E-state index in [1.54, 1.807) is 18.4 Å². The summed E-state index contributed by atoms with van der Waals surface area (Å²) >= 11 is 1.69. The highest BCUT2D eigenvalue weighted by Crippen LogP contribution is 2.24. The molecule has 0 aliphatic carbocycles. The quantitative estimate of drug-likeness (QED) is 0.279. The van der Waals surface area contributed by atoms with Crippen LogP contribution in [-0.2, 0) is 11.2 Å². The van der Waals surface area contributed by atoms with Crippen LogP contribution in [0.2, 0.25) is 0 Å². The summed E-state index contributed by atoms with van der Waals surface area (Å²) < 4.78 is 10.9.